The van der Waals surface area contributed by atoms with Gasteiger partial charge in [0.2, 0.25) is 9.05 Å². The lowest BCUT2D eigenvalue weighted by atomic mass is 9.97. The lowest BCUT2D eigenvalue weighted by molar-refractivity contribution is 0.327. The van der Waals surface area contributed by atoms with Crippen molar-refractivity contribution in [2.75, 3.05) is 13.1 Å². The van der Waals surface area contributed by atoms with Crippen LogP contribution in [0.1, 0.15) is 22.6 Å². The molecule has 2 atom stereocenters. The molecule has 5 heteroatoms. The fraction of sp³-hybridized carbons (Fsp3) is 0.333. The van der Waals surface area contributed by atoms with Gasteiger partial charge in [0.25, 0.3) is 0 Å². The second kappa shape index (κ2) is 6.63. The normalized spacial score (nSPS) is 22.3. The molecule has 0 saturated carbocycles. The summed E-state index contributed by atoms with van der Waals surface area (Å²) in [7, 11) is 2.12. The molecule has 1 aliphatic rings. The van der Waals surface area contributed by atoms with E-state index in [2.05, 4.69) is 17.0 Å². The average Bonchev–Trinajstić information content (AvgIpc) is 2.93. The Morgan fingerprint density at radius 1 is 1.04 bits per heavy atom. The molecule has 122 valence electrons. The second-order valence-corrected chi connectivity index (χ2v) is 9.06. The molecule has 0 amide bonds. The van der Waals surface area contributed by atoms with Gasteiger partial charge in [-0.1, -0.05) is 60.2 Å². The Kier molecular flexibility index (Phi) is 4.76. The smallest absolute Gasteiger partial charge is 0.237 e. The first kappa shape index (κ1) is 16.5. The van der Waals surface area contributed by atoms with Crippen LogP contribution in [-0.4, -0.2) is 31.7 Å². The fourth-order valence-corrected chi connectivity index (χ4v) is 4.81. The fourth-order valence-electron chi connectivity index (χ4n) is 3.24. The molecule has 1 saturated heterocycles. The molecule has 3 nitrogen and oxygen atoms in total. The molecule has 23 heavy (non-hydrogen) atoms. The van der Waals surface area contributed by atoms with Gasteiger partial charge in [0.15, 0.2) is 0 Å². The number of aryl methyl sites for hydroxylation is 1. The highest BCUT2D eigenvalue weighted by Crippen LogP contribution is 2.34. The zero-order chi connectivity index (χ0) is 16.4. The van der Waals surface area contributed by atoms with Gasteiger partial charge < -0.3 is 0 Å². The van der Waals surface area contributed by atoms with Crippen molar-refractivity contribution in [2.24, 2.45) is 0 Å². The van der Waals surface area contributed by atoms with Gasteiger partial charge in [0, 0.05) is 36.2 Å². The van der Waals surface area contributed by atoms with Gasteiger partial charge in [-0.15, -0.1) is 0 Å². The maximum atomic E-state index is 12.0. The van der Waals surface area contributed by atoms with E-state index in [9.17, 15) is 8.42 Å². The molecule has 0 spiro atoms. The van der Waals surface area contributed by atoms with E-state index < -0.39 is 14.3 Å². The van der Waals surface area contributed by atoms with Gasteiger partial charge in [-0.3, -0.25) is 4.90 Å². The predicted octanol–water partition coefficient (Wildman–Crippen LogP) is 3.53. The first-order valence-corrected chi connectivity index (χ1v) is 10.1. The third kappa shape index (κ3) is 3.94. The summed E-state index contributed by atoms with van der Waals surface area (Å²) in [4.78, 5) is 2.17. The summed E-state index contributed by atoms with van der Waals surface area (Å²) in [6.07, 6.45) is 0. The van der Waals surface area contributed by atoms with Crippen molar-refractivity contribution in [3.8, 4) is 0 Å². The van der Waals surface area contributed by atoms with Crippen molar-refractivity contribution in [2.45, 2.75) is 24.6 Å². The minimum Gasteiger partial charge on any atom is -0.297 e. The minimum absolute atomic E-state index is 0.0817. The van der Waals surface area contributed by atoms with Crippen LogP contribution in [0, 0.1) is 6.92 Å². The Morgan fingerprint density at radius 3 is 2.30 bits per heavy atom. The summed E-state index contributed by atoms with van der Waals surface area (Å²) in [5.74, 6) is -0.0817. The third-order valence-electron chi connectivity index (χ3n) is 4.46. The first-order valence-electron chi connectivity index (χ1n) is 7.70. The summed E-state index contributed by atoms with van der Waals surface area (Å²) < 4.78 is 24.0. The van der Waals surface area contributed by atoms with Crippen molar-refractivity contribution in [3.05, 3.63) is 71.3 Å². The maximum Gasteiger partial charge on any atom is 0.237 e. The highest BCUT2D eigenvalue weighted by Gasteiger charge is 2.41. The van der Waals surface area contributed by atoms with Crippen molar-refractivity contribution in [1.82, 2.24) is 4.90 Å². The second-order valence-electron chi connectivity index (χ2n) is 6.21. The van der Waals surface area contributed by atoms with Crippen molar-refractivity contribution < 1.29 is 8.42 Å². The van der Waals surface area contributed by atoms with Gasteiger partial charge in [0.05, 0.1) is 5.25 Å². The first-order chi connectivity index (χ1) is 10.9. The van der Waals surface area contributed by atoms with E-state index in [4.69, 9.17) is 10.7 Å². The Labute approximate surface area is 142 Å². The van der Waals surface area contributed by atoms with Crippen LogP contribution in [0.15, 0.2) is 54.6 Å². The molecule has 0 aliphatic carbocycles. The number of halogens is 1. The molecule has 0 aromatic heterocycles. The Balaban J connectivity index is 1.84. The van der Waals surface area contributed by atoms with Crippen molar-refractivity contribution >= 4 is 19.7 Å². The number of nitrogens with zero attached hydrogens (tertiary/aromatic N) is 1. The third-order valence-corrected chi connectivity index (χ3v) is 6.35. The van der Waals surface area contributed by atoms with Crippen LogP contribution in [0.4, 0.5) is 0 Å². The molecule has 3 rings (SSSR count). The molecular formula is C18H20ClNO2S. The Hall–Kier alpha value is -1.36. The van der Waals surface area contributed by atoms with E-state index in [0.29, 0.717) is 13.1 Å². The molecular weight excluding hydrogens is 330 g/mol. The largest absolute Gasteiger partial charge is 0.297 e. The quantitative estimate of drug-likeness (QED) is 0.792. The van der Waals surface area contributed by atoms with Crippen LogP contribution in [0.3, 0.4) is 0 Å². The number of hydrogen-bond donors (Lipinski definition) is 0. The summed E-state index contributed by atoms with van der Waals surface area (Å²) in [6, 6.07) is 18.2. The number of likely N-dealkylation sites (tertiary alicyclic amines) is 1. The molecule has 2 aromatic rings. The van der Waals surface area contributed by atoms with E-state index in [1.807, 2.05) is 49.4 Å². The van der Waals surface area contributed by atoms with Crippen LogP contribution >= 0.6 is 10.7 Å². The molecule has 0 bridgehead atoms. The van der Waals surface area contributed by atoms with Crippen LogP contribution in [0.25, 0.3) is 0 Å². The average molecular weight is 350 g/mol. The summed E-state index contributed by atoms with van der Waals surface area (Å²) >= 11 is 0. The van der Waals surface area contributed by atoms with E-state index in [1.54, 1.807) is 0 Å². The molecule has 2 aromatic carbocycles. The topological polar surface area (TPSA) is 37.4 Å². The zero-order valence-corrected chi connectivity index (χ0v) is 14.6. The van der Waals surface area contributed by atoms with Crippen molar-refractivity contribution in [3.63, 3.8) is 0 Å². The van der Waals surface area contributed by atoms with Crippen LogP contribution in [0.2, 0.25) is 0 Å². The van der Waals surface area contributed by atoms with E-state index in [-0.39, 0.29) is 5.92 Å². The standard InChI is InChI=1S/C18H20ClNO2S/c1-14-7-9-16(10-8-14)17-12-20(13-18(17)23(19,21)22)11-15-5-3-2-4-6-15/h2-10,17-18H,11-13H2,1H3/t17-,18+/m0/s1. The highest BCUT2D eigenvalue weighted by atomic mass is 35.7. The summed E-state index contributed by atoms with van der Waals surface area (Å²) in [6.45, 7) is 3.94. The van der Waals surface area contributed by atoms with Gasteiger partial charge in [0.1, 0.15) is 0 Å². The van der Waals surface area contributed by atoms with Gasteiger partial charge in [-0.2, -0.15) is 0 Å². The maximum absolute atomic E-state index is 12.0. The van der Waals surface area contributed by atoms with Crippen LogP contribution in [-0.2, 0) is 15.6 Å². The van der Waals surface area contributed by atoms with E-state index in [0.717, 1.165) is 17.7 Å². The van der Waals surface area contributed by atoms with Crippen LogP contribution < -0.4 is 0 Å². The van der Waals surface area contributed by atoms with Crippen molar-refractivity contribution in [1.29, 1.82) is 0 Å². The summed E-state index contributed by atoms with van der Waals surface area (Å²) in [5, 5.41) is -0.560. The molecule has 0 N–H and O–H groups in total. The number of rotatable bonds is 4. The number of benzene rings is 2. The lowest BCUT2D eigenvalue weighted by Gasteiger charge is -2.16. The highest BCUT2D eigenvalue weighted by molar-refractivity contribution is 8.14. The zero-order valence-electron chi connectivity index (χ0n) is 13.0. The monoisotopic (exact) mass is 349 g/mol. The number of hydrogen-bond acceptors (Lipinski definition) is 3. The Bertz CT molecular complexity index is 759. The van der Waals surface area contributed by atoms with Gasteiger partial charge >= 0.3 is 0 Å². The van der Waals surface area contributed by atoms with E-state index in [1.165, 1.54) is 5.56 Å². The Morgan fingerprint density at radius 2 is 1.70 bits per heavy atom. The summed E-state index contributed by atoms with van der Waals surface area (Å²) in [5.41, 5.74) is 3.39. The molecule has 0 radical (unpaired) electrons. The molecule has 1 aliphatic heterocycles. The van der Waals surface area contributed by atoms with E-state index >= 15 is 0 Å². The SMILES string of the molecule is Cc1ccc([C@@H]2CN(Cc3ccccc3)C[C@H]2S(=O)(=O)Cl)cc1. The predicted molar refractivity (Wildman–Crippen MR) is 94.2 cm³/mol. The van der Waals surface area contributed by atoms with Gasteiger partial charge in [-0.25, -0.2) is 8.42 Å². The molecule has 1 fully saturated rings. The minimum atomic E-state index is -3.60. The molecule has 1 heterocycles. The van der Waals surface area contributed by atoms with Gasteiger partial charge in [-0.05, 0) is 18.1 Å². The lowest BCUT2D eigenvalue weighted by Crippen LogP contribution is -2.25. The van der Waals surface area contributed by atoms with Crippen LogP contribution in [0.5, 0.6) is 0 Å². The molecule has 0 unspecified atom stereocenters.